The van der Waals surface area contributed by atoms with Crippen molar-refractivity contribution in [3.63, 3.8) is 0 Å². The van der Waals surface area contributed by atoms with E-state index in [1.54, 1.807) is 49.4 Å². The van der Waals surface area contributed by atoms with Crippen LogP contribution >= 0.6 is 0 Å². The first kappa shape index (κ1) is 17.7. The zero-order valence-corrected chi connectivity index (χ0v) is 14.7. The number of esters is 1. The van der Waals surface area contributed by atoms with Crippen LogP contribution in [0.3, 0.4) is 0 Å². The number of hydrogen-bond acceptors (Lipinski definition) is 4. The third kappa shape index (κ3) is 3.74. The average Bonchev–Trinajstić information content (AvgIpc) is 2.73. The molecule has 134 valence electrons. The Bertz CT molecular complexity index is 862. The summed E-state index contributed by atoms with van der Waals surface area (Å²) in [7, 11) is 0. The second-order valence-corrected chi connectivity index (χ2v) is 6.33. The lowest BCUT2D eigenvalue weighted by molar-refractivity contribution is -0.122. The number of carbonyl (C=O) groups is 3. The third-order valence-electron chi connectivity index (χ3n) is 4.21. The summed E-state index contributed by atoms with van der Waals surface area (Å²) in [5, 5.41) is 2.79. The molecule has 0 bridgehead atoms. The second-order valence-electron chi connectivity index (χ2n) is 6.33. The second kappa shape index (κ2) is 7.39. The van der Waals surface area contributed by atoms with Crippen LogP contribution < -0.4 is 10.2 Å². The van der Waals surface area contributed by atoms with Crippen LogP contribution in [0.2, 0.25) is 0 Å². The van der Waals surface area contributed by atoms with Gasteiger partial charge in [0.1, 0.15) is 0 Å². The van der Waals surface area contributed by atoms with E-state index in [2.05, 4.69) is 5.32 Å². The molecule has 0 saturated carbocycles. The van der Waals surface area contributed by atoms with Crippen LogP contribution in [0.5, 0.6) is 0 Å². The first-order chi connectivity index (χ1) is 12.5. The molecule has 2 aromatic carbocycles. The molecule has 6 heteroatoms. The summed E-state index contributed by atoms with van der Waals surface area (Å²) in [6.07, 6.45) is 0.173. The lowest BCUT2D eigenvalue weighted by Gasteiger charge is -2.27. The number of benzene rings is 2. The fourth-order valence-corrected chi connectivity index (χ4v) is 3.02. The highest BCUT2D eigenvalue weighted by Crippen LogP contribution is 2.31. The summed E-state index contributed by atoms with van der Waals surface area (Å²) in [4.78, 5) is 38.4. The molecule has 2 aromatic rings. The van der Waals surface area contributed by atoms with Crippen molar-refractivity contribution < 1.29 is 19.1 Å². The van der Waals surface area contributed by atoms with Crippen molar-refractivity contribution in [3.8, 4) is 0 Å². The quantitative estimate of drug-likeness (QED) is 0.862. The van der Waals surface area contributed by atoms with E-state index in [0.717, 1.165) is 5.56 Å². The van der Waals surface area contributed by atoms with Crippen molar-refractivity contribution >= 4 is 29.2 Å². The predicted octanol–water partition coefficient (Wildman–Crippen LogP) is 2.92. The van der Waals surface area contributed by atoms with E-state index in [9.17, 15) is 14.4 Å². The molecule has 0 aromatic heterocycles. The van der Waals surface area contributed by atoms with E-state index in [-0.39, 0.29) is 30.9 Å². The fourth-order valence-electron chi connectivity index (χ4n) is 3.02. The van der Waals surface area contributed by atoms with Gasteiger partial charge in [-0.15, -0.1) is 0 Å². The van der Waals surface area contributed by atoms with Gasteiger partial charge in [0.25, 0.3) is 5.91 Å². The van der Waals surface area contributed by atoms with E-state index in [4.69, 9.17) is 4.74 Å². The zero-order valence-electron chi connectivity index (χ0n) is 14.7. The minimum absolute atomic E-state index is 0.156. The van der Waals surface area contributed by atoms with Crippen LogP contribution in [0.1, 0.15) is 29.3 Å². The van der Waals surface area contributed by atoms with E-state index >= 15 is 0 Å². The van der Waals surface area contributed by atoms with Gasteiger partial charge >= 0.3 is 5.97 Å². The molecule has 1 N–H and O–H groups in total. The van der Waals surface area contributed by atoms with Gasteiger partial charge in [-0.1, -0.05) is 29.8 Å². The number of ether oxygens (including phenoxy) is 1. The van der Waals surface area contributed by atoms with Crippen LogP contribution in [-0.2, 0) is 14.3 Å². The Morgan fingerprint density at radius 2 is 1.96 bits per heavy atom. The molecular formula is C20H20N2O4. The summed E-state index contributed by atoms with van der Waals surface area (Å²) in [5.74, 6) is -1.08. The molecule has 3 rings (SSSR count). The standard InChI is InChI=1S/C20H20N2O4/c1-13-6-5-7-15(10-13)20(25)26-12-19(24)22-14(2)11-18(23)21-16-8-3-4-9-17(16)22/h3-10,14H,11-12H2,1-2H3,(H,21,23)/t14-/m1/s1. The summed E-state index contributed by atoms with van der Waals surface area (Å²) < 4.78 is 5.19. The van der Waals surface area contributed by atoms with Crippen molar-refractivity contribution in [1.82, 2.24) is 0 Å². The molecule has 2 amide bonds. The third-order valence-corrected chi connectivity index (χ3v) is 4.21. The number of amides is 2. The normalized spacial score (nSPS) is 16.3. The SMILES string of the molecule is Cc1cccc(C(=O)OCC(=O)N2c3ccccc3NC(=O)C[C@H]2C)c1. The van der Waals surface area contributed by atoms with E-state index in [1.807, 2.05) is 13.0 Å². The van der Waals surface area contributed by atoms with Crippen LogP contribution in [0.25, 0.3) is 0 Å². The maximum Gasteiger partial charge on any atom is 0.338 e. The number of aryl methyl sites for hydroxylation is 1. The van der Waals surface area contributed by atoms with Crippen LogP contribution in [-0.4, -0.2) is 30.4 Å². The Kier molecular flexibility index (Phi) is 5.02. The predicted molar refractivity (Wildman–Crippen MR) is 98.1 cm³/mol. The highest BCUT2D eigenvalue weighted by atomic mass is 16.5. The van der Waals surface area contributed by atoms with Crippen molar-refractivity contribution in [2.45, 2.75) is 26.3 Å². The Morgan fingerprint density at radius 1 is 1.19 bits per heavy atom. The van der Waals surface area contributed by atoms with Gasteiger partial charge in [0, 0.05) is 12.5 Å². The molecule has 0 fully saturated rings. The maximum absolute atomic E-state index is 12.7. The highest BCUT2D eigenvalue weighted by molar-refractivity contribution is 6.05. The van der Waals surface area contributed by atoms with E-state index in [1.165, 1.54) is 4.90 Å². The van der Waals surface area contributed by atoms with Gasteiger partial charge in [0.05, 0.1) is 16.9 Å². The molecule has 1 aliphatic rings. The summed E-state index contributed by atoms with van der Waals surface area (Å²) >= 11 is 0. The average molecular weight is 352 g/mol. The molecule has 1 aliphatic heterocycles. The van der Waals surface area contributed by atoms with Crippen LogP contribution in [0.4, 0.5) is 11.4 Å². The van der Waals surface area contributed by atoms with Crippen molar-refractivity contribution in [3.05, 3.63) is 59.7 Å². The number of nitrogens with one attached hydrogen (secondary N) is 1. The Hall–Kier alpha value is -3.15. The van der Waals surface area contributed by atoms with Gasteiger partial charge in [-0.25, -0.2) is 4.79 Å². The summed E-state index contributed by atoms with van der Waals surface area (Å²) in [5.41, 5.74) is 2.51. The fraction of sp³-hybridized carbons (Fsp3) is 0.250. The monoisotopic (exact) mass is 352 g/mol. The number of nitrogens with zero attached hydrogens (tertiary/aromatic N) is 1. The largest absolute Gasteiger partial charge is 0.452 e. The molecule has 0 aliphatic carbocycles. The number of fused-ring (bicyclic) bond motifs is 1. The van der Waals surface area contributed by atoms with Gasteiger partial charge in [-0.3, -0.25) is 9.59 Å². The molecule has 6 nitrogen and oxygen atoms in total. The first-order valence-electron chi connectivity index (χ1n) is 8.40. The van der Waals surface area contributed by atoms with Gasteiger partial charge in [-0.05, 0) is 38.1 Å². The Labute approximate surface area is 151 Å². The summed E-state index contributed by atoms with van der Waals surface area (Å²) in [6.45, 7) is 3.28. The Balaban J connectivity index is 1.76. The molecule has 26 heavy (non-hydrogen) atoms. The summed E-state index contributed by atoms with van der Waals surface area (Å²) in [6, 6.07) is 13.7. The zero-order chi connectivity index (χ0) is 18.7. The topological polar surface area (TPSA) is 75.7 Å². The number of hydrogen-bond donors (Lipinski definition) is 1. The van der Waals surface area contributed by atoms with Crippen molar-refractivity contribution in [2.75, 3.05) is 16.8 Å². The molecule has 0 saturated heterocycles. The van der Waals surface area contributed by atoms with E-state index in [0.29, 0.717) is 16.9 Å². The van der Waals surface area contributed by atoms with Gasteiger partial charge in [0.15, 0.2) is 6.61 Å². The van der Waals surface area contributed by atoms with Gasteiger partial charge < -0.3 is 15.0 Å². The molecule has 1 heterocycles. The number of carbonyl (C=O) groups excluding carboxylic acids is 3. The highest BCUT2D eigenvalue weighted by Gasteiger charge is 2.30. The van der Waals surface area contributed by atoms with Crippen LogP contribution in [0.15, 0.2) is 48.5 Å². The smallest absolute Gasteiger partial charge is 0.338 e. The maximum atomic E-state index is 12.7. The number of para-hydroxylation sites is 2. The lowest BCUT2D eigenvalue weighted by Crippen LogP contribution is -2.41. The van der Waals surface area contributed by atoms with E-state index < -0.39 is 5.97 Å². The number of rotatable bonds is 3. The minimum atomic E-state index is -0.549. The van der Waals surface area contributed by atoms with Gasteiger partial charge in [-0.2, -0.15) is 0 Å². The van der Waals surface area contributed by atoms with Crippen molar-refractivity contribution in [1.29, 1.82) is 0 Å². The molecular weight excluding hydrogens is 332 g/mol. The molecule has 0 radical (unpaired) electrons. The minimum Gasteiger partial charge on any atom is -0.452 e. The molecule has 0 spiro atoms. The van der Waals surface area contributed by atoms with Crippen LogP contribution in [0, 0.1) is 6.92 Å². The van der Waals surface area contributed by atoms with Crippen molar-refractivity contribution in [2.24, 2.45) is 0 Å². The lowest BCUT2D eigenvalue weighted by atomic mass is 10.1. The first-order valence-corrected chi connectivity index (χ1v) is 8.40. The molecule has 0 unspecified atom stereocenters. The molecule has 1 atom stereocenters. The number of anilines is 2. The van der Waals surface area contributed by atoms with Gasteiger partial charge in [0.2, 0.25) is 5.91 Å². The Morgan fingerprint density at radius 3 is 2.73 bits per heavy atom.